The van der Waals surface area contributed by atoms with Crippen LogP contribution in [-0.2, 0) is 6.42 Å². The van der Waals surface area contributed by atoms with E-state index in [9.17, 15) is 9.18 Å². The zero-order valence-electron chi connectivity index (χ0n) is 12.5. The van der Waals surface area contributed by atoms with Gasteiger partial charge in [0.15, 0.2) is 5.82 Å². The first-order valence-corrected chi connectivity index (χ1v) is 7.51. The molecule has 0 aliphatic heterocycles. The van der Waals surface area contributed by atoms with Gasteiger partial charge in [-0.15, -0.1) is 0 Å². The normalized spacial score (nSPS) is 10.8. The minimum Gasteiger partial charge on any atom is -0.368 e. The predicted octanol–water partition coefficient (Wildman–Crippen LogP) is 2.57. The summed E-state index contributed by atoms with van der Waals surface area (Å²) in [6, 6.07) is 6.10. The number of carbonyl (C=O) groups excluding carboxylic acids is 1. The molecule has 0 fully saturated rings. The number of primary amides is 1. The second-order valence-electron chi connectivity index (χ2n) is 5.07. The summed E-state index contributed by atoms with van der Waals surface area (Å²) in [6.45, 7) is 0.524. The summed E-state index contributed by atoms with van der Waals surface area (Å²) in [5.41, 5.74) is 7.38. The second-order valence-corrected chi connectivity index (χ2v) is 5.47. The van der Waals surface area contributed by atoms with E-state index < -0.39 is 11.7 Å². The van der Waals surface area contributed by atoms with Crippen LogP contribution in [-0.4, -0.2) is 27.4 Å². The van der Waals surface area contributed by atoms with E-state index in [1.165, 1.54) is 24.7 Å². The Kier molecular flexibility index (Phi) is 4.52. The van der Waals surface area contributed by atoms with Crippen molar-refractivity contribution in [3.63, 3.8) is 0 Å². The summed E-state index contributed by atoms with van der Waals surface area (Å²) in [4.78, 5) is 23.9. The highest BCUT2D eigenvalue weighted by molar-refractivity contribution is 6.30. The first-order valence-electron chi connectivity index (χ1n) is 7.13. The zero-order valence-corrected chi connectivity index (χ0v) is 13.2. The summed E-state index contributed by atoms with van der Waals surface area (Å²) in [5, 5.41) is 3.22. The van der Waals surface area contributed by atoms with E-state index in [4.69, 9.17) is 17.3 Å². The van der Waals surface area contributed by atoms with E-state index in [2.05, 4.69) is 20.3 Å². The van der Waals surface area contributed by atoms with Gasteiger partial charge in [-0.25, -0.2) is 14.4 Å². The van der Waals surface area contributed by atoms with Crippen LogP contribution < -0.4 is 11.1 Å². The second kappa shape index (κ2) is 6.76. The van der Waals surface area contributed by atoms with Crippen molar-refractivity contribution in [1.82, 2.24) is 15.0 Å². The first kappa shape index (κ1) is 16.1. The molecule has 0 radical (unpaired) electrons. The highest BCUT2D eigenvalue weighted by atomic mass is 35.5. The van der Waals surface area contributed by atoms with Crippen molar-refractivity contribution in [3.8, 4) is 0 Å². The number of amides is 1. The van der Waals surface area contributed by atoms with Gasteiger partial charge < -0.3 is 11.1 Å². The Labute approximate surface area is 141 Å². The number of fused-ring (bicyclic) bond motifs is 1. The minimum absolute atomic E-state index is 0.0905. The summed E-state index contributed by atoms with van der Waals surface area (Å²) < 4.78 is 13.2. The van der Waals surface area contributed by atoms with Gasteiger partial charge in [0.2, 0.25) is 0 Å². The molecule has 6 nitrogen and oxygen atoms in total. The molecule has 0 unspecified atom stereocenters. The van der Waals surface area contributed by atoms with Crippen molar-refractivity contribution < 1.29 is 9.18 Å². The Hall–Kier alpha value is -2.80. The van der Waals surface area contributed by atoms with Gasteiger partial charge >= 0.3 is 0 Å². The molecule has 2 aromatic heterocycles. The van der Waals surface area contributed by atoms with Gasteiger partial charge in [0.05, 0.1) is 10.6 Å². The number of halogens is 2. The lowest BCUT2D eigenvalue weighted by Gasteiger charge is -2.09. The fourth-order valence-corrected chi connectivity index (χ4v) is 2.52. The summed E-state index contributed by atoms with van der Waals surface area (Å²) in [6.07, 6.45) is 3.44. The largest absolute Gasteiger partial charge is 0.368 e. The summed E-state index contributed by atoms with van der Waals surface area (Å²) in [7, 11) is 0. The van der Waals surface area contributed by atoms with Crippen LogP contribution in [0.15, 0.2) is 36.8 Å². The van der Waals surface area contributed by atoms with Crippen LogP contribution in [0.2, 0.25) is 5.02 Å². The molecule has 24 heavy (non-hydrogen) atoms. The number of pyridine rings is 1. The molecular weight excluding hydrogens is 333 g/mol. The van der Waals surface area contributed by atoms with Crippen LogP contribution in [0.25, 0.3) is 11.0 Å². The molecule has 0 aliphatic rings. The average molecular weight is 346 g/mol. The van der Waals surface area contributed by atoms with Gasteiger partial charge in [-0.05, 0) is 30.2 Å². The summed E-state index contributed by atoms with van der Waals surface area (Å²) in [5.74, 6) is -0.525. The number of nitrogens with zero attached hydrogens (tertiary/aromatic N) is 3. The van der Waals surface area contributed by atoms with Gasteiger partial charge in [0.1, 0.15) is 23.2 Å². The third-order valence-corrected chi connectivity index (χ3v) is 3.77. The number of nitrogens with one attached hydrogen (secondary N) is 1. The number of hydrogen-bond acceptors (Lipinski definition) is 5. The maximum absolute atomic E-state index is 13.2. The molecule has 1 amide bonds. The quantitative estimate of drug-likeness (QED) is 0.741. The minimum atomic E-state index is -0.576. The van der Waals surface area contributed by atoms with Crippen LogP contribution in [0, 0.1) is 5.82 Å². The fraction of sp³-hybridized carbons (Fsp3) is 0.125. The van der Waals surface area contributed by atoms with Crippen molar-refractivity contribution in [2.75, 3.05) is 11.9 Å². The first-order chi connectivity index (χ1) is 11.6. The van der Waals surface area contributed by atoms with E-state index in [1.54, 1.807) is 12.1 Å². The standard InChI is InChI=1S/C16H13ClFN5O/c17-11-7-9(1-2-12(11)18)3-5-21-16-14-13(22-8-23-16)10(15(19)24)4-6-20-14/h1-2,4,6-8H,3,5H2,(H2,19,24)(H,21,22,23). The topological polar surface area (TPSA) is 93.8 Å². The maximum atomic E-state index is 13.2. The number of carbonyl (C=O) groups is 1. The fourth-order valence-electron chi connectivity index (χ4n) is 2.31. The Morgan fingerprint density at radius 1 is 1.21 bits per heavy atom. The Bertz CT molecular complexity index is 918. The van der Waals surface area contributed by atoms with E-state index in [1.807, 2.05) is 0 Å². The molecule has 122 valence electrons. The summed E-state index contributed by atoms with van der Waals surface area (Å²) >= 11 is 5.77. The van der Waals surface area contributed by atoms with Crippen LogP contribution >= 0.6 is 11.6 Å². The van der Waals surface area contributed by atoms with Gasteiger partial charge in [-0.1, -0.05) is 17.7 Å². The number of anilines is 1. The highest BCUT2D eigenvalue weighted by Gasteiger charge is 2.12. The Balaban J connectivity index is 1.79. The lowest BCUT2D eigenvalue weighted by atomic mass is 10.1. The molecule has 0 saturated heterocycles. The molecule has 3 N–H and O–H groups in total. The average Bonchev–Trinajstić information content (AvgIpc) is 2.57. The Morgan fingerprint density at radius 2 is 2.04 bits per heavy atom. The Morgan fingerprint density at radius 3 is 2.79 bits per heavy atom. The predicted molar refractivity (Wildman–Crippen MR) is 89.5 cm³/mol. The SMILES string of the molecule is NC(=O)c1ccnc2c(NCCc3ccc(F)c(Cl)c3)ncnc12. The molecule has 8 heteroatoms. The van der Waals surface area contributed by atoms with Gasteiger partial charge in [-0.3, -0.25) is 9.78 Å². The molecular formula is C16H13ClFN5O. The number of hydrogen-bond donors (Lipinski definition) is 2. The number of rotatable bonds is 5. The lowest BCUT2D eigenvalue weighted by Crippen LogP contribution is -2.13. The monoisotopic (exact) mass is 345 g/mol. The molecule has 3 rings (SSSR count). The van der Waals surface area contributed by atoms with Crippen LogP contribution in [0.4, 0.5) is 10.2 Å². The molecule has 0 spiro atoms. The molecule has 0 aliphatic carbocycles. The third kappa shape index (κ3) is 3.26. The number of benzene rings is 1. The number of nitrogens with two attached hydrogens (primary N) is 1. The van der Waals surface area contributed by atoms with Gasteiger partial charge in [-0.2, -0.15) is 0 Å². The molecule has 3 aromatic rings. The highest BCUT2D eigenvalue weighted by Crippen LogP contribution is 2.20. The van der Waals surface area contributed by atoms with Gasteiger partial charge in [0, 0.05) is 12.7 Å². The molecule has 2 heterocycles. The van der Waals surface area contributed by atoms with Gasteiger partial charge in [0.25, 0.3) is 5.91 Å². The van der Waals surface area contributed by atoms with Crippen molar-refractivity contribution in [3.05, 3.63) is 58.8 Å². The molecule has 1 aromatic carbocycles. The van der Waals surface area contributed by atoms with E-state index in [-0.39, 0.29) is 10.6 Å². The van der Waals surface area contributed by atoms with E-state index >= 15 is 0 Å². The van der Waals surface area contributed by atoms with Crippen molar-refractivity contribution >= 4 is 34.4 Å². The van der Waals surface area contributed by atoms with Crippen molar-refractivity contribution in [2.45, 2.75) is 6.42 Å². The molecule has 0 atom stereocenters. The molecule has 0 bridgehead atoms. The van der Waals surface area contributed by atoms with Crippen LogP contribution in [0.3, 0.4) is 0 Å². The zero-order chi connectivity index (χ0) is 17.1. The van der Waals surface area contributed by atoms with Crippen molar-refractivity contribution in [1.29, 1.82) is 0 Å². The van der Waals surface area contributed by atoms with Crippen LogP contribution in [0.5, 0.6) is 0 Å². The molecule has 0 saturated carbocycles. The number of aromatic nitrogens is 3. The van der Waals surface area contributed by atoms with E-state index in [0.29, 0.717) is 29.8 Å². The smallest absolute Gasteiger partial charge is 0.251 e. The lowest BCUT2D eigenvalue weighted by molar-refractivity contribution is 0.100. The van der Waals surface area contributed by atoms with Crippen LogP contribution in [0.1, 0.15) is 15.9 Å². The van der Waals surface area contributed by atoms with E-state index in [0.717, 1.165) is 5.56 Å². The maximum Gasteiger partial charge on any atom is 0.251 e. The van der Waals surface area contributed by atoms with Crippen molar-refractivity contribution in [2.24, 2.45) is 5.73 Å². The third-order valence-electron chi connectivity index (χ3n) is 3.48.